The number of carbonyl (C=O) groups excluding carboxylic acids is 2. The maximum atomic E-state index is 13.2. The number of para-hydroxylation sites is 1. The van der Waals surface area contributed by atoms with Gasteiger partial charge in [-0.1, -0.05) is 36.0 Å². The van der Waals surface area contributed by atoms with Gasteiger partial charge in [-0.3, -0.25) is 9.59 Å². The molecule has 2 N–H and O–H groups in total. The Kier molecular flexibility index (Phi) is 7.34. The second kappa shape index (κ2) is 10.4. The van der Waals surface area contributed by atoms with Gasteiger partial charge >= 0.3 is 0 Å². The third kappa shape index (κ3) is 6.02. The summed E-state index contributed by atoms with van der Waals surface area (Å²) in [4.78, 5) is 24.2. The van der Waals surface area contributed by atoms with Crippen molar-refractivity contribution in [3.8, 4) is 5.75 Å². The Morgan fingerprint density at radius 3 is 2.63 bits per heavy atom. The normalized spacial score (nSPS) is 10.3. The third-order valence-corrected chi connectivity index (χ3v) is 4.91. The van der Waals surface area contributed by atoms with E-state index in [1.807, 2.05) is 24.3 Å². The van der Waals surface area contributed by atoms with Crippen molar-refractivity contribution in [1.29, 1.82) is 0 Å². The smallest absolute Gasteiger partial charge is 0.256 e. The fourth-order valence-electron chi connectivity index (χ4n) is 2.52. The molecule has 0 aliphatic rings. The molecule has 0 unspecified atom stereocenters. The number of aromatic nitrogens is 2. The summed E-state index contributed by atoms with van der Waals surface area (Å²) in [6.07, 6.45) is 0. The molecule has 2 amide bonds. The number of hydrogen-bond acceptors (Lipinski definition) is 6. The first-order valence-electron chi connectivity index (χ1n) is 8.97. The van der Waals surface area contributed by atoms with Gasteiger partial charge in [0.15, 0.2) is 5.82 Å². The van der Waals surface area contributed by atoms with Crippen LogP contribution in [0.5, 0.6) is 5.75 Å². The molecule has 0 aliphatic carbocycles. The Hall–Kier alpha value is -3.46. The number of amides is 2. The minimum Gasteiger partial charge on any atom is -0.496 e. The van der Waals surface area contributed by atoms with Crippen molar-refractivity contribution in [2.24, 2.45) is 0 Å². The summed E-state index contributed by atoms with van der Waals surface area (Å²) in [6, 6.07) is 16.0. The second-order valence-corrected chi connectivity index (χ2v) is 7.09. The molecule has 3 aromatic rings. The van der Waals surface area contributed by atoms with Crippen LogP contribution >= 0.6 is 11.8 Å². The maximum absolute atomic E-state index is 13.2. The SMILES string of the molecule is COc1ccccc1CNC(=O)CSc1ccc(NC(=O)c2cccc(F)c2)nn1. The van der Waals surface area contributed by atoms with Crippen molar-refractivity contribution in [1.82, 2.24) is 15.5 Å². The molecule has 0 radical (unpaired) electrons. The van der Waals surface area contributed by atoms with Crippen LogP contribution in [0.4, 0.5) is 10.2 Å². The fourth-order valence-corrected chi connectivity index (χ4v) is 3.16. The fraction of sp³-hybridized carbons (Fsp3) is 0.143. The zero-order chi connectivity index (χ0) is 21.3. The maximum Gasteiger partial charge on any atom is 0.256 e. The van der Waals surface area contributed by atoms with E-state index in [4.69, 9.17) is 4.74 Å². The third-order valence-electron chi connectivity index (χ3n) is 3.99. The quantitative estimate of drug-likeness (QED) is 0.537. The van der Waals surface area contributed by atoms with Gasteiger partial charge in [-0.15, -0.1) is 10.2 Å². The van der Waals surface area contributed by atoms with Gasteiger partial charge in [0.25, 0.3) is 5.91 Å². The summed E-state index contributed by atoms with van der Waals surface area (Å²) < 4.78 is 18.5. The van der Waals surface area contributed by atoms with E-state index < -0.39 is 11.7 Å². The van der Waals surface area contributed by atoms with Crippen molar-refractivity contribution < 1.29 is 18.7 Å². The topological polar surface area (TPSA) is 93.2 Å². The summed E-state index contributed by atoms with van der Waals surface area (Å²) in [6.45, 7) is 0.361. The molecule has 9 heteroatoms. The van der Waals surface area contributed by atoms with E-state index in [0.29, 0.717) is 17.3 Å². The Bertz CT molecular complexity index is 1030. The Labute approximate surface area is 177 Å². The van der Waals surface area contributed by atoms with Gasteiger partial charge in [0.2, 0.25) is 5.91 Å². The molecule has 7 nitrogen and oxygen atoms in total. The number of anilines is 1. The Morgan fingerprint density at radius 2 is 1.90 bits per heavy atom. The molecule has 0 aliphatic heterocycles. The van der Waals surface area contributed by atoms with Gasteiger partial charge in [0.05, 0.1) is 12.9 Å². The minimum absolute atomic E-state index is 0.156. The predicted molar refractivity (Wildman–Crippen MR) is 112 cm³/mol. The highest BCUT2D eigenvalue weighted by Crippen LogP contribution is 2.18. The first kappa shape index (κ1) is 21.3. The monoisotopic (exact) mass is 426 g/mol. The van der Waals surface area contributed by atoms with E-state index in [0.717, 1.165) is 11.6 Å². The largest absolute Gasteiger partial charge is 0.496 e. The van der Waals surface area contributed by atoms with Crippen LogP contribution in [0.15, 0.2) is 65.7 Å². The lowest BCUT2D eigenvalue weighted by molar-refractivity contribution is -0.118. The molecular formula is C21H19FN4O3S. The average molecular weight is 426 g/mol. The van der Waals surface area contributed by atoms with Crippen molar-refractivity contribution in [2.75, 3.05) is 18.2 Å². The highest BCUT2D eigenvalue weighted by Gasteiger charge is 2.10. The van der Waals surface area contributed by atoms with E-state index >= 15 is 0 Å². The van der Waals surface area contributed by atoms with Crippen LogP contribution in [0.1, 0.15) is 15.9 Å². The standard InChI is InChI=1S/C21H19FN4O3S/c1-29-17-8-3-2-5-15(17)12-23-19(27)13-30-20-10-9-18(25-26-20)24-21(28)14-6-4-7-16(22)11-14/h2-11H,12-13H2,1H3,(H,23,27)(H,24,25,28). The first-order valence-corrected chi connectivity index (χ1v) is 9.96. The van der Waals surface area contributed by atoms with Gasteiger partial charge in [0.1, 0.15) is 16.6 Å². The molecule has 0 atom stereocenters. The molecule has 0 saturated carbocycles. The number of thioether (sulfide) groups is 1. The number of ether oxygens (including phenoxy) is 1. The molecule has 0 fully saturated rings. The molecule has 3 rings (SSSR count). The number of benzene rings is 2. The van der Waals surface area contributed by atoms with Crippen LogP contribution < -0.4 is 15.4 Å². The number of methoxy groups -OCH3 is 1. The molecule has 2 aromatic carbocycles. The summed E-state index contributed by atoms with van der Waals surface area (Å²) in [7, 11) is 1.58. The van der Waals surface area contributed by atoms with E-state index in [1.54, 1.807) is 19.2 Å². The van der Waals surface area contributed by atoms with Gasteiger partial charge in [-0.2, -0.15) is 0 Å². The highest BCUT2D eigenvalue weighted by atomic mass is 32.2. The van der Waals surface area contributed by atoms with E-state index in [9.17, 15) is 14.0 Å². The molecule has 1 heterocycles. The van der Waals surface area contributed by atoms with Gasteiger partial charge < -0.3 is 15.4 Å². The Morgan fingerprint density at radius 1 is 1.07 bits per heavy atom. The first-order chi connectivity index (χ1) is 14.5. The zero-order valence-corrected chi connectivity index (χ0v) is 16.9. The molecular weight excluding hydrogens is 407 g/mol. The molecule has 30 heavy (non-hydrogen) atoms. The number of rotatable bonds is 8. The minimum atomic E-state index is -0.496. The van der Waals surface area contributed by atoms with E-state index in [1.165, 1.54) is 30.0 Å². The van der Waals surface area contributed by atoms with E-state index in [2.05, 4.69) is 20.8 Å². The lowest BCUT2D eigenvalue weighted by Crippen LogP contribution is -2.24. The van der Waals surface area contributed by atoms with Gasteiger partial charge in [-0.05, 0) is 36.4 Å². The van der Waals surface area contributed by atoms with Crippen molar-refractivity contribution in [3.63, 3.8) is 0 Å². The molecule has 0 spiro atoms. The molecule has 0 bridgehead atoms. The van der Waals surface area contributed by atoms with Crippen molar-refractivity contribution in [3.05, 3.63) is 77.6 Å². The summed E-state index contributed by atoms with van der Waals surface area (Å²) in [5, 5.41) is 13.8. The number of carbonyl (C=O) groups is 2. The van der Waals surface area contributed by atoms with Crippen LogP contribution in [0, 0.1) is 5.82 Å². The predicted octanol–water partition coefficient (Wildman–Crippen LogP) is 3.29. The highest BCUT2D eigenvalue weighted by molar-refractivity contribution is 7.99. The van der Waals surface area contributed by atoms with Crippen LogP contribution in [0.25, 0.3) is 0 Å². The molecule has 154 valence electrons. The van der Waals surface area contributed by atoms with Crippen LogP contribution in [-0.4, -0.2) is 34.9 Å². The lowest BCUT2D eigenvalue weighted by Gasteiger charge is -2.09. The number of halogens is 1. The van der Waals surface area contributed by atoms with E-state index in [-0.39, 0.29) is 23.0 Å². The summed E-state index contributed by atoms with van der Waals surface area (Å²) in [5.41, 5.74) is 1.07. The second-order valence-electron chi connectivity index (χ2n) is 6.10. The summed E-state index contributed by atoms with van der Waals surface area (Å²) >= 11 is 1.22. The average Bonchev–Trinajstić information content (AvgIpc) is 2.77. The molecule has 0 saturated heterocycles. The van der Waals surface area contributed by atoms with Crippen molar-refractivity contribution >= 4 is 29.4 Å². The molecule has 1 aromatic heterocycles. The number of nitrogens with zero attached hydrogens (tertiary/aromatic N) is 2. The number of nitrogens with one attached hydrogen (secondary N) is 2. The van der Waals surface area contributed by atoms with Crippen molar-refractivity contribution in [2.45, 2.75) is 11.6 Å². The van der Waals surface area contributed by atoms with Gasteiger partial charge in [-0.25, -0.2) is 4.39 Å². The van der Waals surface area contributed by atoms with Crippen LogP contribution in [0.2, 0.25) is 0 Å². The van der Waals surface area contributed by atoms with Crippen LogP contribution in [-0.2, 0) is 11.3 Å². The zero-order valence-electron chi connectivity index (χ0n) is 16.1. The van der Waals surface area contributed by atoms with Crippen LogP contribution in [0.3, 0.4) is 0 Å². The summed E-state index contributed by atoms with van der Waals surface area (Å²) in [5.74, 6) is -0.0271. The van der Waals surface area contributed by atoms with Gasteiger partial charge in [0, 0.05) is 17.7 Å². The number of hydrogen-bond donors (Lipinski definition) is 2. The lowest BCUT2D eigenvalue weighted by atomic mass is 10.2. The Balaban J connectivity index is 1.47.